The highest BCUT2D eigenvalue weighted by atomic mass is 16.7. The molecule has 2 aliphatic heterocycles. The van der Waals surface area contributed by atoms with Gasteiger partial charge < -0.3 is 24.1 Å². The molecular formula is C20H18O7. The summed E-state index contributed by atoms with van der Waals surface area (Å²) >= 11 is 0. The largest absolute Gasteiger partial charge is 0.507 e. The maximum absolute atomic E-state index is 12.3. The van der Waals surface area contributed by atoms with Crippen LogP contribution < -0.4 is 0 Å². The first kappa shape index (κ1) is 17.5. The van der Waals surface area contributed by atoms with Gasteiger partial charge in [0.2, 0.25) is 0 Å². The molecule has 4 atom stereocenters. The number of rotatable bonds is 4. The van der Waals surface area contributed by atoms with E-state index >= 15 is 0 Å². The molecule has 1 N–H and O–H groups in total. The Morgan fingerprint density at radius 1 is 0.815 bits per heavy atom. The van der Waals surface area contributed by atoms with Gasteiger partial charge in [0.1, 0.15) is 23.5 Å². The Morgan fingerprint density at radius 3 is 2.00 bits per heavy atom. The van der Waals surface area contributed by atoms with Crippen LogP contribution in [-0.4, -0.2) is 54.7 Å². The lowest BCUT2D eigenvalue weighted by atomic mass is 10.1. The van der Waals surface area contributed by atoms with Crippen LogP contribution in [0.2, 0.25) is 0 Å². The average Bonchev–Trinajstić information content (AvgIpc) is 3.26. The van der Waals surface area contributed by atoms with Gasteiger partial charge in [-0.25, -0.2) is 9.59 Å². The van der Waals surface area contributed by atoms with Crippen LogP contribution in [0.15, 0.2) is 54.6 Å². The second-order valence-electron chi connectivity index (χ2n) is 6.37. The van der Waals surface area contributed by atoms with E-state index in [9.17, 15) is 14.7 Å². The molecular weight excluding hydrogens is 352 g/mol. The quantitative estimate of drug-likeness (QED) is 0.823. The van der Waals surface area contributed by atoms with Crippen LogP contribution in [0.5, 0.6) is 5.75 Å². The van der Waals surface area contributed by atoms with Crippen molar-refractivity contribution in [2.24, 2.45) is 0 Å². The monoisotopic (exact) mass is 370 g/mol. The van der Waals surface area contributed by atoms with Gasteiger partial charge in [-0.05, 0) is 24.3 Å². The van der Waals surface area contributed by atoms with E-state index in [1.165, 1.54) is 12.1 Å². The Hall–Kier alpha value is -2.90. The van der Waals surface area contributed by atoms with E-state index in [1.807, 2.05) is 6.07 Å². The molecule has 7 heteroatoms. The van der Waals surface area contributed by atoms with Crippen molar-refractivity contribution >= 4 is 11.9 Å². The topological polar surface area (TPSA) is 91.3 Å². The Bertz CT molecular complexity index is 835. The second-order valence-corrected chi connectivity index (χ2v) is 6.37. The van der Waals surface area contributed by atoms with Crippen LogP contribution in [0.1, 0.15) is 20.7 Å². The number of carbonyl (C=O) groups is 2. The average molecular weight is 370 g/mol. The molecule has 0 saturated carbocycles. The molecule has 140 valence electrons. The molecule has 2 heterocycles. The molecule has 2 aromatic rings. The first-order valence-corrected chi connectivity index (χ1v) is 8.61. The number of para-hydroxylation sites is 1. The Labute approximate surface area is 155 Å². The Morgan fingerprint density at radius 2 is 1.37 bits per heavy atom. The fraction of sp³-hybridized carbons (Fsp3) is 0.300. The summed E-state index contributed by atoms with van der Waals surface area (Å²) in [5, 5.41) is 9.77. The maximum Gasteiger partial charge on any atom is 0.342 e. The third-order valence-corrected chi connectivity index (χ3v) is 4.61. The SMILES string of the molecule is O=C(O[C@@H]1CO[C@H]2[C@@H]1OC[C@@H]2OC(=O)c1ccccc1O)c1ccccc1. The van der Waals surface area contributed by atoms with Crippen LogP contribution in [0.25, 0.3) is 0 Å². The van der Waals surface area contributed by atoms with Crippen molar-refractivity contribution in [3.8, 4) is 5.75 Å². The van der Waals surface area contributed by atoms with Gasteiger partial charge in [0.25, 0.3) is 0 Å². The van der Waals surface area contributed by atoms with E-state index < -0.39 is 36.4 Å². The Balaban J connectivity index is 1.38. The third kappa shape index (κ3) is 3.51. The minimum Gasteiger partial charge on any atom is -0.507 e. The molecule has 0 aliphatic carbocycles. The summed E-state index contributed by atoms with van der Waals surface area (Å²) in [6, 6.07) is 14.8. The molecule has 7 nitrogen and oxygen atoms in total. The van der Waals surface area contributed by atoms with Gasteiger partial charge in [-0.1, -0.05) is 30.3 Å². The fourth-order valence-electron chi connectivity index (χ4n) is 3.26. The van der Waals surface area contributed by atoms with Crippen molar-refractivity contribution in [2.45, 2.75) is 24.4 Å². The number of aromatic hydroxyl groups is 1. The summed E-state index contributed by atoms with van der Waals surface area (Å²) in [6.07, 6.45) is -2.23. The summed E-state index contributed by atoms with van der Waals surface area (Å²) in [6.45, 7) is 0.298. The summed E-state index contributed by atoms with van der Waals surface area (Å²) < 4.78 is 22.3. The van der Waals surface area contributed by atoms with Crippen LogP contribution in [0.4, 0.5) is 0 Å². The number of hydrogen-bond donors (Lipinski definition) is 1. The summed E-state index contributed by atoms with van der Waals surface area (Å²) in [5.74, 6) is -1.27. The molecule has 0 unspecified atom stereocenters. The van der Waals surface area contributed by atoms with Crippen LogP contribution in [-0.2, 0) is 18.9 Å². The number of fused-ring (bicyclic) bond motifs is 1. The number of phenolic OH excluding ortho intramolecular Hbond substituents is 1. The maximum atomic E-state index is 12.3. The number of esters is 2. The predicted molar refractivity (Wildman–Crippen MR) is 92.4 cm³/mol. The van der Waals surface area contributed by atoms with E-state index in [4.69, 9.17) is 18.9 Å². The molecule has 27 heavy (non-hydrogen) atoms. The van der Waals surface area contributed by atoms with Crippen molar-refractivity contribution in [2.75, 3.05) is 13.2 Å². The molecule has 2 saturated heterocycles. The van der Waals surface area contributed by atoms with Gasteiger partial charge in [-0.15, -0.1) is 0 Å². The van der Waals surface area contributed by atoms with E-state index in [0.29, 0.717) is 5.56 Å². The zero-order valence-electron chi connectivity index (χ0n) is 14.3. The minimum atomic E-state index is -0.657. The highest BCUT2D eigenvalue weighted by molar-refractivity contribution is 5.92. The number of hydrogen-bond acceptors (Lipinski definition) is 7. The normalized spacial score (nSPS) is 26.4. The van der Waals surface area contributed by atoms with Crippen LogP contribution in [0, 0.1) is 0 Å². The summed E-state index contributed by atoms with van der Waals surface area (Å²) in [7, 11) is 0. The molecule has 0 amide bonds. The Kier molecular flexibility index (Phi) is 4.79. The summed E-state index contributed by atoms with van der Waals surface area (Å²) in [5.41, 5.74) is 0.521. The second kappa shape index (κ2) is 7.38. The molecule has 4 rings (SSSR count). The van der Waals surface area contributed by atoms with Crippen molar-refractivity contribution in [3.05, 3.63) is 65.7 Å². The van der Waals surface area contributed by atoms with Crippen molar-refractivity contribution in [1.29, 1.82) is 0 Å². The van der Waals surface area contributed by atoms with E-state index in [-0.39, 0.29) is 24.5 Å². The molecule has 2 aliphatic rings. The number of ether oxygens (including phenoxy) is 4. The zero-order valence-corrected chi connectivity index (χ0v) is 14.3. The smallest absolute Gasteiger partial charge is 0.342 e. The first-order valence-electron chi connectivity index (χ1n) is 8.61. The minimum absolute atomic E-state index is 0.0750. The fourth-order valence-corrected chi connectivity index (χ4v) is 3.26. The van der Waals surface area contributed by atoms with Gasteiger partial charge >= 0.3 is 11.9 Å². The van der Waals surface area contributed by atoms with Crippen molar-refractivity contribution < 1.29 is 33.6 Å². The van der Waals surface area contributed by atoms with Gasteiger partial charge in [-0.3, -0.25) is 0 Å². The highest BCUT2D eigenvalue weighted by Crippen LogP contribution is 2.32. The molecule has 2 fully saturated rings. The lowest BCUT2D eigenvalue weighted by Crippen LogP contribution is -2.36. The first-order chi connectivity index (χ1) is 13.1. The molecule has 0 radical (unpaired) electrons. The number of phenols is 1. The van der Waals surface area contributed by atoms with E-state index in [0.717, 1.165) is 0 Å². The van der Waals surface area contributed by atoms with Crippen molar-refractivity contribution in [3.63, 3.8) is 0 Å². The number of benzene rings is 2. The van der Waals surface area contributed by atoms with Crippen LogP contribution >= 0.6 is 0 Å². The number of carbonyl (C=O) groups excluding carboxylic acids is 2. The lowest BCUT2D eigenvalue weighted by molar-refractivity contribution is -0.0288. The predicted octanol–water partition coefficient (Wildman–Crippen LogP) is 1.94. The highest BCUT2D eigenvalue weighted by Gasteiger charge is 2.51. The standard InChI is InChI=1S/C20H18O7/c21-14-9-5-4-8-13(14)20(23)27-16-11-25-17-15(10-24-18(16)17)26-19(22)12-6-2-1-3-7-12/h1-9,15-18,21H,10-11H2/t15-,16+,17-,18-/m1/s1. The molecule has 0 bridgehead atoms. The van der Waals surface area contributed by atoms with Crippen LogP contribution in [0.3, 0.4) is 0 Å². The van der Waals surface area contributed by atoms with E-state index in [2.05, 4.69) is 0 Å². The molecule has 0 spiro atoms. The van der Waals surface area contributed by atoms with E-state index in [1.54, 1.807) is 36.4 Å². The van der Waals surface area contributed by atoms with Crippen molar-refractivity contribution in [1.82, 2.24) is 0 Å². The van der Waals surface area contributed by atoms with Gasteiger partial charge in [0.05, 0.1) is 18.8 Å². The third-order valence-electron chi connectivity index (χ3n) is 4.61. The molecule has 0 aromatic heterocycles. The zero-order chi connectivity index (χ0) is 18.8. The molecule has 2 aromatic carbocycles. The summed E-state index contributed by atoms with van der Waals surface area (Å²) in [4.78, 5) is 24.5. The van der Waals surface area contributed by atoms with Gasteiger partial charge in [0.15, 0.2) is 12.2 Å². The lowest BCUT2D eigenvalue weighted by Gasteiger charge is -2.17. The van der Waals surface area contributed by atoms with Gasteiger partial charge in [0, 0.05) is 0 Å². The van der Waals surface area contributed by atoms with Gasteiger partial charge in [-0.2, -0.15) is 0 Å².